The average Bonchev–Trinajstić information content (AvgIpc) is 2.93. The fourth-order valence-electron chi connectivity index (χ4n) is 3.80. The number of hydrogen-bond donors (Lipinski definition) is 1. The lowest BCUT2D eigenvalue weighted by atomic mass is 9.76. The van der Waals surface area contributed by atoms with Crippen LogP contribution in [0, 0.1) is 11.8 Å². The zero-order chi connectivity index (χ0) is 13.9. The lowest BCUT2D eigenvalue weighted by Crippen LogP contribution is -2.31. The van der Waals surface area contributed by atoms with Gasteiger partial charge < -0.3 is 5.32 Å². The minimum Gasteiger partial charge on any atom is -0.310 e. The number of hydrogen-bond acceptors (Lipinski definition) is 2. The second-order valence-corrected chi connectivity index (χ2v) is 7.17. The molecular formula is C18H25NS. The van der Waals surface area contributed by atoms with Gasteiger partial charge in [-0.25, -0.2) is 0 Å². The molecule has 1 fully saturated rings. The first-order valence-corrected chi connectivity index (χ1v) is 8.87. The lowest BCUT2D eigenvalue weighted by molar-refractivity contribution is 0.226. The molecular weight excluding hydrogens is 262 g/mol. The first-order chi connectivity index (χ1) is 9.79. The standard InChI is InChI=1S/C18H25NS/c1-3-19-17(15-8-4-6-13(2)12-15)16-9-5-7-14-10-11-20-18(14)16/h5,7,9-11,13,15,17,19H,3-4,6,8,12H2,1-2H3. The zero-order valence-electron chi connectivity index (χ0n) is 12.6. The van der Waals surface area contributed by atoms with Gasteiger partial charge in [0.1, 0.15) is 0 Å². The van der Waals surface area contributed by atoms with Crippen molar-refractivity contribution in [1.29, 1.82) is 0 Å². The molecule has 1 aromatic heterocycles. The molecule has 20 heavy (non-hydrogen) atoms. The van der Waals surface area contributed by atoms with Gasteiger partial charge in [0.15, 0.2) is 0 Å². The van der Waals surface area contributed by atoms with Crippen LogP contribution in [0.25, 0.3) is 10.1 Å². The molecule has 2 aromatic rings. The van der Waals surface area contributed by atoms with Crippen molar-refractivity contribution in [2.45, 2.75) is 45.6 Å². The summed E-state index contributed by atoms with van der Waals surface area (Å²) in [4.78, 5) is 0. The molecule has 0 bridgehead atoms. The van der Waals surface area contributed by atoms with E-state index >= 15 is 0 Å². The van der Waals surface area contributed by atoms with E-state index in [4.69, 9.17) is 0 Å². The maximum Gasteiger partial charge on any atom is 0.0390 e. The van der Waals surface area contributed by atoms with Crippen molar-refractivity contribution in [1.82, 2.24) is 5.32 Å². The third-order valence-corrected chi connectivity index (χ3v) is 5.70. The van der Waals surface area contributed by atoms with E-state index in [1.807, 2.05) is 11.3 Å². The first-order valence-electron chi connectivity index (χ1n) is 7.99. The molecule has 1 aliphatic carbocycles. The monoisotopic (exact) mass is 287 g/mol. The predicted molar refractivity (Wildman–Crippen MR) is 89.4 cm³/mol. The molecule has 3 atom stereocenters. The highest BCUT2D eigenvalue weighted by Gasteiger charge is 2.28. The van der Waals surface area contributed by atoms with E-state index in [1.54, 1.807) is 0 Å². The maximum absolute atomic E-state index is 3.78. The van der Waals surface area contributed by atoms with Crippen LogP contribution in [0.5, 0.6) is 0 Å². The number of nitrogens with one attached hydrogen (secondary N) is 1. The third kappa shape index (κ3) is 2.77. The van der Waals surface area contributed by atoms with Crippen molar-refractivity contribution >= 4 is 21.4 Å². The van der Waals surface area contributed by atoms with E-state index in [9.17, 15) is 0 Å². The number of benzene rings is 1. The summed E-state index contributed by atoms with van der Waals surface area (Å²) in [5.74, 6) is 1.68. The van der Waals surface area contributed by atoms with Crippen LogP contribution >= 0.6 is 11.3 Å². The van der Waals surface area contributed by atoms with E-state index in [0.29, 0.717) is 6.04 Å². The maximum atomic E-state index is 3.78. The van der Waals surface area contributed by atoms with Gasteiger partial charge in [-0.05, 0) is 53.6 Å². The van der Waals surface area contributed by atoms with Crippen molar-refractivity contribution in [3.8, 4) is 0 Å². The fourth-order valence-corrected chi connectivity index (χ4v) is 4.75. The van der Waals surface area contributed by atoms with Gasteiger partial charge in [-0.2, -0.15) is 0 Å². The van der Waals surface area contributed by atoms with Gasteiger partial charge in [0.05, 0.1) is 0 Å². The summed E-state index contributed by atoms with van der Waals surface area (Å²) in [5.41, 5.74) is 1.53. The number of thiophene rings is 1. The van der Waals surface area contributed by atoms with E-state index in [1.165, 1.54) is 41.3 Å². The van der Waals surface area contributed by atoms with Crippen molar-refractivity contribution < 1.29 is 0 Å². The Labute approximate surface area is 126 Å². The summed E-state index contributed by atoms with van der Waals surface area (Å²) in [5, 5.41) is 7.40. The van der Waals surface area contributed by atoms with Crippen LogP contribution in [0.1, 0.15) is 51.1 Å². The molecule has 3 rings (SSSR count). The van der Waals surface area contributed by atoms with E-state index in [0.717, 1.165) is 18.4 Å². The minimum atomic E-state index is 0.533. The highest BCUT2D eigenvalue weighted by atomic mass is 32.1. The number of fused-ring (bicyclic) bond motifs is 1. The number of rotatable bonds is 4. The highest BCUT2D eigenvalue weighted by Crippen LogP contribution is 2.40. The molecule has 0 aliphatic heterocycles. The molecule has 1 aromatic carbocycles. The molecule has 1 nitrogen and oxygen atoms in total. The Hall–Kier alpha value is -0.860. The summed E-state index contributed by atoms with van der Waals surface area (Å²) in [6.45, 7) is 5.70. The SMILES string of the molecule is CCNC(c1cccc2ccsc12)C1CCCC(C)C1. The van der Waals surface area contributed by atoms with Gasteiger partial charge in [-0.1, -0.05) is 44.9 Å². The quantitative estimate of drug-likeness (QED) is 0.796. The second-order valence-electron chi connectivity index (χ2n) is 6.25. The minimum absolute atomic E-state index is 0.533. The van der Waals surface area contributed by atoms with Crippen molar-refractivity contribution in [3.63, 3.8) is 0 Å². The Morgan fingerprint density at radius 3 is 3.00 bits per heavy atom. The Morgan fingerprint density at radius 2 is 2.20 bits per heavy atom. The summed E-state index contributed by atoms with van der Waals surface area (Å²) in [6, 6.07) is 9.58. The van der Waals surface area contributed by atoms with Crippen molar-refractivity contribution in [2.75, 3.05) is 6.54 Å². The van der Waals surface area contributed by atoms with Crippen molar-refractivity contribution in [2.24, 2.45) is 11.8 Å². The summed E-state index contributed by atoms with van der Waals surface area (Å²) in [7, 11) is 0. The van der Waals surface area contributed by atoms with Gasteiger partial charge in [0.2, 0.25) is 0 Å². The Kier molecular flexibility index (Phi) is 4.42. The molecule has 1 N–H and O–H groups in total. The van der Waals surface area contributed by atoms with Gasteiger partial charge in [-0.15, -0.1) is 11.3 Å². The van der Waals surface area contributed by atoms with Gasteiger partial charge >= 0.3 is 0 Å². The topological polar surface area (TPSA) is 12.0 Å². The van der Waals surface area contributed by atoms with Crippen LogP contribution < -0.4 is 5.32 Å². The molecule has 2 heteroatoms. The van der Waals surface area contributed by atoms with E-state index in [-0.39, 0.29) is 0 Å². The van der Waals surface area contributed by atoms with E-state index < -0.39 is 0 Å². The third-order valence-electron chi connectivity index (χ3n) is 4.72. The Morgan fingerprint density at radius 1 is 1.30 bits per heavy atom. The lowest BCUT2D eigenvalue weighted by Gasteiger charge is -2.34. The molecule has 1 saturated carbocycles. The normalized spacial score (nSPS) is 24.9. The first kappa shape index (κ1) is 14.1. The van der Waals surface area contributed by atoms with Crippen LogP contribution in [0.2, 0.25) is 0 Å². The van der Waals surface area contributed by atoms with Gasteiger partial charge in [-0.3, -0.25) is 0 Å². The second kappa shape index (κ2) is 6.28. The van der Waals surface area contributed by atoms with E-state index in [2.05, 4.69) is 48.8 Å². The van der Waals surface area contributed by atoms with Gasteiger partial charge in [0, 0.05) is 10.7 Å². The molecule has 1 heterocycles. The van der Waals surface area contributed by atoms with Crippen molar-refractivity contribution in [3.05, 3.63) is 35.2 Å². The van der Waals surface area contributed by atoms with Crippen LogP contribution in [0.3, 0.4) is 0 Å². The molecule has 108 valence electrons. The van der Waals surface area contributed by atoms with Gasteiger partial charge in [0.25, 0.3) is 0 Å². The zero-order valence-corrected chi connectivity index (χ0v) is 13.4. The van der Waals surface area contributed by atoms with Crippen LogP contribution in [0.15, 0.2) is 29.6 Å². The molecule has 3 unspecified atom stereocenters. The predicted octanol–water partition coefficient (Wildman–Crippen LogP) is 5.38. The Balaban J connectivity index is 1.95. The molecule has 0 spiro atoms. The smallest absolute Gasteiger partial charge is 0.0390 e. The molecule has 0 radical (unpaired) electrons. The average molecular weight is 287 g/mol. The summed E-state index contributed by atoms with van der Waals surface area (Å²) < 4.78 is 1.48. The highest BCUT2D eigenvalue weighted by molar-refractivity contribution is 7.17. The Bertz CT molecular complexity index is 559. The largest absolute Gasteiger partial charge is 0.310 e. The molecule has 0 saturated heterocycles. The molecule has 1 aliphatic rings. The summed E-state index contributed by atoms with van der Waals surface area (Å²) in [6.07, 6.45) is 5.57. The fraction of sp³-hybridized carbons (Fsp3) is 0.556. The molecule has 0 amide bonds. The van der Waals surface area contributed by atoms with Crippen LogP contribution in [-0.2, 0) is 0 Å². The summed E-state index contributed by atoms with van der Waals surface area (Å²) >= 11 is 1.89. The van der Waals surface area contributed by atoms with Crippen LogP contribution in [0.4, 0.5) is 0 Å². The van der Waals surface area contributed by atoms with Crippen LogP contribution in [-0.4, -0.2) is 6.54 Å².